The third-order valence-corrected chi connectivity index (χ3v) is 3.79. The van der Waals surface area contributed by atoms with Gasteiger partial charge in [0, 0.05) is 29.2 Å². The molecule has 1 amide bonds. The summed E-state index contributed by atoms with van der Waals surface area (Å²) in [6, 6.07) is 10.7. The molecule has 21 heavy (non-hydrogen) atoms. The van der Waals surface area contributed by atoms with E-state index in [9.17, 15) is 4.79 Å². The van der Waals surface area contributed by atoms with Crippen LogP contribution in [0.2, 0.25) is 10.0 Å². The number of amides is 1. The fourth-order valence-electron chi connectivity index (χ4n) is 2.17. The number of carbonyl (C=O) groups is 1. The molecule has 0 saturated heterocycles. The topological polar surface area (TPSA) is 46.9 Å². The largest absolute Gasteiger partial charge is 0.340 e. The number of hydrogen-bond acceptors (Lipinski definition) is 2. The first-order valence-corrected chi connectivity index (χ1v) is 6.98. The Balaban J connectivity index is 1.96. The highest BCUT2D eigenvalue weighted by Gasteiger charge is 2.15. The number of nitrogens with one attached hydrogen (secondary N) is 1. The number of fused-ring (bicyclic) bond motifs is 1. The fourth-order valence-corrected chi connectivity index (χ4v) is 2.51. The van der Waals surface area contributed by atoms with Crippen molar-refractivity contribution in [2.75, 3.05) is 5.32 Å². The van der Waals surface area contributed by atoms with Crippen molar-refractivity contribution >= 4 is 45.8 Å². The molecular weight excluding hydrogens is 309 g/mol. The zero-order chi connectivity index (χ0) is 15.0. The Hall–Kier alpha value is -2.04. The van der Waals surface area contributed by atoms with Gasteiger partial charge in [0.25, 0.3) is 5.91 Å². The summed E-state index contributed by atoms with van der Waals surface area (Å²) in [5.41, 5.74) is 1.41. The summed E-state index contributed by atoms with van der Waals surface area (Å²) >= 11 is 11.9. The molecule has 4 nitrogen and oxygen atoms in total. The Labute approximate surface area is 131 Å². The molecule has 0 bridgehead atoms. The zero-order valence-corrected chi connectivity index (χ0v) is 12.6. The van der Waals surface area contributed by atoms with Crippen LogP contribution in [0.15, 0.2) is 42.6 Å². The smallest absolute Gasteiger partial charge is 0.273 e. The fraction of sp³-hybridized carbons (Fsp3) is 0.0667. The van der Waals surface area contributed by atoms with Crippen LogP contribution in [-0.4, -0.2) is 15.5 Å². The number of aryl methyl sites for hydroxylation is 1. The van der Waals surface area contributed by atoms with Crippen LogP contribution in [0.3, 0.4) is 0 Å². The molecule has 1 N–H and O–H groups in total. The number of carbonyl (C=O) groups excluding carboxylic acids is 1. The Morgan fingerprint density at radius 2 is 2.05 bits per heavy atom. The van der Waals surface area contributed by atoms with Gasteiger partial charge < -0.3 is 9.88 Å². The first-order valence-electron chi connectivity index (χ1n) is 6.23. The summed E-state index contributed by atoms with van der Waals surface area (Å²) in [5.74, 6) is 0.195. The maximum Gasteiger partial charge on any atom is 0.273 e. The normalized spacial score (nSPS) is 10.8. The second-order valence-corrected chi connectivity index (χ2v) is 5.42. The van der Waals surface area contributed by atoms with Gasteiger partial charge in [0.2, 0.25) is 0 Å². The summed E-state index contributed by atoms with van der Waals surface area (Å²) in [6.07, 6.45) is 1.48. The van der Waals surface area contributed by atoms with Crippen molar-refractivity contribution in [2.24, 2.45) is 7.05 Å². The summed E-state index contributed by atoms with van der Waals surface area (Å²) in [5, 5.41) is 4.71. The minimum atomic E-state index is -0.250. The average molecular weight is 320 g/mol. The molecule has 0 radical (unpaired) electrons. The van der Waals surface area contributed by atoms with E-state index in [1.54, 1.807) is 28.8 Å². The van der Waals surface area contributed by atoms with Crippen LogP contribution in [0, 0.1) is 0 Å². The Kier molecular flexibility index (Phi) is 3.57. The van der Waals surface area contributed by atoms with E-state index < -0.39 is 0 Å². The Morgan fingerprint density at radius 1 is 1.24 bits per heavy atom. The number of nitrogens with zero attached hydrogens (tertiary/aromatic N) is 2. The van der Waals surface area contributed by atoms with Crippen LogP contribution in [0.25, 0.3) is 10.9 Å². The lowest BCUT2D eigenvalue weighted by molar-refractivity contribution is 0.101. The molecule has 0 saturated carbocycles. The van der Waals surface area contributed by atoms with Crippen molar-refractivity contribution in [3.8, 4) is 0 Å². The maximum atomic E-state index is 12.4. The maximum absolute atomic E-state index is 12.4. The lowest BCUT2D eigenvalue weighted by atomic mass is 10.2. The van der Waals surface area contributed by atoms with Gasteiger partial charge in [-0.05, 0) is 30.3 Å². The number of benzene rings is 1. The van der Waals surface area contributed by atoms with Crippen LogP contribution >= 0.6 is 23.2 Å². The molecule has 2 aromatic heterocycles. The van der Waals surface area contributed by atoms with E-state index in [1.807, 2.05) is 19.2 Å². The lowest BCUT2D eigenvalue weighted by Crippen LogP contribution is -2.16. The third kappa shape index (κ3) is 2.60. The lowest BCUT2D eigenvalue weighted by Gasteiger charge is -2.05. The third-order valence-electron chi connectivity index (χ3n) is 3.24. The Bertz CT molecular complexity index is 825. The molecule has 0 spiro atoms. The average Bonchev–Trinajstić information content (AvgIpc) is 2.81. The van der Waals surface area contributed by atoms with Crippen LogP contribution in [0.1, 0.15) is 10.5 Å². The van der Waals surface area contributed by atoms with E-state index in [0.717, 1.165) is 10.9 Å². The summed E-state index contributed by atoms with van der Waals surface area (Å²) < 4.78 is 1.80. The van der Waals surface area contributed by atoms with Crippen molar-refractivity contribution in [2.45, 2.75) is 0 Å². The van der Waals surface area contributed by atoms with Gasteiger partial charge in [-0.15, -0.1) is 0 Å². The summed E-state index contributed by atoms with van der Waals surface area (Å²) in [4.78, 5) is 16.4. The Morgan fingerprint density at radius 3 is 2.71 bits per heavy atom. The van der Waals surface area contributed by atoms with E-state index in [0.29, 0.717) is 21.6 Å². The molecule has 3 aromatic rings. The van der Waals surface area contributed by atoms with Gasteiger partial charge in [-0.2, -0.15) is 0 Å². The number of pyridine rings is 1. The van der Waals surface area contributed by atoms with Gasteiger partial charge in [-0.25, -0.2) is 4.98 Å². The molecule has 1 aromatic carbocycles. The predicted octanol–water partition coefficient (Wildman–Crippen LogP) is 4.13. The van der Waals surface area contributed by atoms with E-state index in [4.69, 9.17) is 23.2 Å². The van der Waals surface area contributed by atoms with Crippen molar-refractivity contribution in [3.63, 3.8) is 0 Å². The number of halogens is 2. The quantitative estimate of drug-likeness (QED) is 0.771. The van der Waals surface area contributed by atoms with E-state index in [1.165, 1.54) is 6.20 Å². The molecule has 0 fully saturated rings. The minimum absolute atomic E-state index is 0.250. The monoisotopic (exact) mass is 319 g/mol. The highest BCUT2D eigenvalue weighted by Crippen LogP contribution is 2.26. The second kappa shape index (κ2) is 5.39. The molecular formula is C15H11Cl2N3O. The van der Waals surface area contributed by atoms with Gasteiger partial charge in [0.05, 0.1) is 5.02 Å². The summed E-state index contributed by atoms with van der Waals surface area (Å²) in [7, 11) is 1.82. The molecule has 0 atom stereocenters. The number of rotatable bonds is 2. The molecule has 0 aliphatic rings. The van der Waals surface area contributed by atoms with Gasteiger partial charge >= 0.3 is 0 Å². The van der Waals surface area contributed by atoms with Gasteiger partial charge in [-0.3, -0.25) is 4.79 Å². The van der Waals surface area contributed by atoms with E-state index in [-0.39, 0.29) is 5.91 Å². The molecule has 2 heterocycles. The zero-order valence-electron chi connectivity index (χ0n) is 11.1. The standard InChI is InChI=1S/C15H11Cl2N3O/c1-20-12-4-2-3-11(17)10(12)7-13(20)15(21)19-14-6-5-9(16)8-18-14/h2-8H,1H3,(H,18,19,21). The molecule has 0 aliphatic heterocycles. The molecule has 106 valence electrons. The first-order chi connectivity index (χ1) is 10.1. The first kappa shape index (κ1) is 13.9. The van der Waals surface area contributed by atoms with Crippen LogP contribution in [-0.2, 0) is 7.05 Å². The predicted molar refractivity (Wildman–Crippen MR) is 85.1 cm³/mol. The number of hydrogen-bond donors (Lipinski definition) is 1. The second-order valence-electron chi connectivity index (χ2n) is 4.58. The van der Waals surface area contributed by atoms with E-state index >= 15 is 0 Å². The molecule has 3 rings (SSSR count). The molecule has 0 unspecified atom stereocenters. The highest BCUT2D eigenvalue weighted by molar-refractivity contribution is 6.35. The summed E-state index contributed by atoms with van der Waals surface area (Å²) in [6.45, 7) is 0. The van der Waals surface area contributed by atoms with Crippen LogP contribution in [0.5, 0.6) is 0 Å². The minimum Gasteiger partial charge on any atom is -0.340 e. The van der Waals surface area contributed by atoms with E-state index in [2.05, 4.69) is 10.3 Å². The van der Waals surface area contributed by atoms with Crippen LogP contribution in [0.4, 0.5) is 5.82 Å². The highest BCUT2D eigenvalue weighted by atomic mass is 35.5. The van der Waals surface area contributed by atoms with Crippen LogP contribution < -0.4 is 5.32 Å². The van der Waals surface area contributed by atoms with Gasteiger partial charge in [-0.1, -0.05) is 29.3 Å². The number of aromatic nitrogens is 2. The van der Waals surface area contributed by atoms with Crippen molar-refractivity contribution in [3.05, 3.63) is 58.3 Å². The van der Waals surface area contributed by atoms with Gasteiger partial charge in [0.1, 0.15) is 11.5 Å². The number of anilines is 1. The molecule has 0 aliphatic carbocycles. The van der Waals surface area contributed by atoms with Crippen molar-refractivity contribution in [1.29, 1.82) is 0 Å². The van der Waals surface area contributed by atoms with Crippen molar-refractivity contribution in [1.82, 2.24) is 9.55 Å². The van der Waals surface area contributed by atoms with Gasteiger partial charge in [0.15, 0.2) is 0 Å². The SMILES string of the molecule is Cn1c(C(=O)Nc2ccc(Cl)cn2)cc2c(Cl)cccc21. The van der Waals surface area contributed by atoms with Crippen molar-refractivity contribution < 1.29 is 4.79 Å². The molecule has 6 heteroatoms.